The highest BCUT2D eigenvalue weighted by Gasteiger charge is 2.31. The van der Waals surface area contributed by atoms with Gasteiger partial charge in [-0.1, -0.05) is 18.2 Å². The molecule has 2 aromatic rings. The number of carbonyl (C=O) groups excluding carboxylic acids is 1. The van der Waals surface area contributed by atoms with Crippen LogP contribution in [0.4, 0.5) is 9.18 Å². The van der Waals surface area contributed by atoms with Crippen molar-refractivity contribution in [3.63, 3.8) is 0 Å². The van der Waals surface area contributed by atoms with Crippen LogP contribution in [0, 0.1) is 5.82 Å². The van der Waals surface area contributed by atoms with Gasteiger partial charge >= 0.3 is 6.03 Å². The second-order valence-corrected chi connectivity index (χ2v) is 9.56. The predicted molar refractivity (Wildman–Crippen MR) is 99.5 cm³/mol. The Kier molecular flexibility index (Phi) is 5.93. The second-order valence-electron chi connectivity index (χ2n) is 6.25. The number of thiophene rings is 1. The normalized spacial score (nSPS) is 16.3. The lowest BCUT2D eigenvalue weighted by Crippen LogP contribution is -2.44. The number of hydrogen-bond acceptors (Lipinski definition) is 4. The van der Waals surface area contributed by atoms with Crippen molar-refractivity contribution in [3.8, 4) is 0 Å². The first kappa shape index (κ1) is 18.8. The van der Waals surface area contributed by atoms with Crippen LogP contribution >= 0.6 is 11.3 Å². The van der Waals surface area contributed by atoms with E-state index in [0.717, 1.165) is 30.6 Å². The number of benzene rings is 1. The van der Waals surface area contributed by atoms with Gasteiger partial charge in [-0.2, -0.15) is 0 Å². The number of amides is 2. The SMILES string of the molecule is O=C(NC[C@H](c1ccc(F)cc1)S(=O)(=O)c1cccs1)N1CCCCC1. The minimum atomic E-state index is -3.69. The number of hydrogen-bond donors (Lipinski definition) is 1. The van der Waals surface area contributed by atoms with E-state index in [-0.39, 0.29) is 16.8 Å². The smallest absolute Gasteiger partial charge is 0.317 e. The fraction of sp³-hybridized carbons (Fsp3) is 0.389. The first-order valence-electron chi connectivity index (χ1n) is 8.54. The zero-order valence-corrected chi connectivity index (χ0v) is 15.9. The van der Waals surface area contributed by atoms with Gasteiger partial charge in [-0.3, -0.25) is 0 Å². The molecular weight excluding hydrogens is 375 g/mol. The summed E-state index contributed by atoms with van der Waals surface area (Å²) in [4.78, 5) is 14.1. The maximum absolute atomic E-state index is 13.3. The lowest BCUT2D eigenvalue weighted by atomic mass is 10.1. The summed E-state index contributed by atoms with van der Waals surface area (Å²) in [6.07, 6.45) is 3.03. The van der Waals surface area contributed by atoms with E-state index in [1.807, 2.05) is 0 Å². The zero-order valence-electron chi connectivity index (χ0n) is 14.2. The van der Waals surface area contributed by atoms with Gasteiger partial charge in [0.05, 0.1) is 0 Å². The van der Waals surface area contributed by atoms with Crippen molar-refractivity contribution in [3.05, 3.63) is 53.2 Å². The van der Waals surface area contributed by atoms with Gasteiger partial charge in [0.1, 0.15) is 15.3 Å². The largest absolute Gasteiger partial charge is 0.336 e. The molecule has 1 fully saturated rings. The quantitative estimate of drug-likeness (QED) is 0.840. The Labute approximate surface area is 156 Å². The molecule has 1 aliphatic rings. The van der Waals surface area contributed by atoms with Crippen LogP contribution in [-0.2, 0) is 9.84 Å². The lowest BCUT2D eigenvalue weighted by molar-refractivity contribution is 0.186. The summed E-state index contributed by atoms with van der Waals surface area (Å²) in [6, 6.07) is 8.35. The Morgan fingerprint density at radius 1 is 1.15 bits per heavy atom. The molecule has 1 atom stereocenters. The van der Waals surface area contributed by atoms with E-state index in [1.165, 1.54) is 24.3 Å². The summed E-state index contributed by atoms with van der Waals surface area (Å²) >= 11 is 1.13. The molecule has 0 aliphatic carbocycles. The van der Waals surface area contributed by atoms with E-state index in [9.17, 15) is 17.6 Å². The van der Waals surface area contributed by atoms with Gasteiger partial charge < -0.3 is 10.2 Å². The number of nitrogens with one attached hydrogen (secondary N) is 1. The van der Waals surface area contributed by atoms with Crippen molar-refractivity contribution in [1.82, 2.24) is 10.2 Å². The molecule has 1 saturated heterocycles. The summed E-state index contributed by atoms with van der Waals surface area (Å²) in [5.41, 5.74) is 0.457. The maximum atomic E-state index is 13.3. The van der Waals surface area contributed by atoms with Crippen LogP contribution in [0.5, 0.6) is 0 Å². The van der Waals surface area contributed by atoms with Crippen LogP contribution in [0.1, 0.15) is 30.1 Å². The molecule has 1 aromatic carbocycles. The molecule has 26 heavy (non-hydrogen) atoms. The Morgan fingerprint density at radius 2 is 1.85 bits per heavy atom. The number of urea groups is 1. The van der Waals surface area contributed by atoms with Crippen LogP contribution in [0.25, 0.3) is 0 Å². The molecule has 3 rings (SSSR count). The standard InChI is InChI=1S/C18H21FN2O3S2/c19-15-8-6-14(7-9-15)16(26(23,24)17-5-4-12-25-17)13-20-18(22)21-10-2-1-3-11-21/h4-9,12,16H,1-3,10-11,13H2,(H,20,22)/t16-/m1/s1. The number of sulfone groups is 1. The minimum absolute atomic E-state index is 0.0544. The van der Waals surface area contributed by atoms with Crippen molar-refractivity contribution < 1.29 is 17.6 Å². The summed E-state index contributed by atoms with van der Waals surface area (Å²) in [6.45, 7) is 1.32. The van der Waals surface area contributed by atoms with E-state index in [2.05, 4.69) is 5.32 Å². The van der Waals surface area contributed by atoms with Crippen molar-refractivity contribution in [2.75, 3.05) is 19.6 Å². The molecule has 0 spiro atoms. The van der Waals surface area contributed by atoms with Crippen LogP contribution in [0.2, 0.25) is 0 Å². The summed E-state index contributed by atoms with van der Waals surface area (Å²) in [5, 5.41) is 3.49. The average molecular weight is 397 g/mol. The molecule has 2 amide bonds. The summed E-state index contributed by atoms with van der Waals surface area (Å²) < 4.78 is 39.5. The molecule has 0 saturated carbocycles. The van der Waals surface area contributed by atoms with Crippen molar-refractivity contribution in [2.45, 2.75) is 28.7 Å². The van der Waals surface area contributed by atoms with Gasteiger partial charge in [0.25, 0.3) is 0 Å². The van der Waals surface area contributed by atoms with Gasteiger partial charge in [0.2, 0.25) is 0 Å². The van der Waals surface area contributed by atoms with Gasteiger partial charge in [-0.05, 0) is 48.4 Å². The van der Waals surface area contributed by atoms with Gasteiger partial charge in [-0.15, -0.1) is 11.3 Å². The van der Waals surface area contributed by atoms with Crippen LogP contribution in [0.3, 0.4) is 0 Å². The first-order chi connectivity index (χ1) is 12.5. The van der Waals surface area contributed by atoms with E-state index in [0.29, 0.717) is 18.7 Å². The zero-order chi connectivity index (χ0) is 18.6. The van der Waals surface area contributed by atoms with E-state index < -0.39 is 20.9 Å². The third-order valence-corrected chi connectivity index (χ3v) is 8.01. The monoisotopic (exact) mass is 396 g/mol. The third kappa shape index (κ3) is 4.24. The molecule has 1 N–H and O–H groups in total. The third-order valence-electron chi connectivity index (χ3n) is 4.47. The van der Waals surface area contributed by atoms with Crippen LogP contribution in [0.15, 0.2) is 46.0 Å². The number of nitrogens with zero attached hydrogens (tertiary/aromatic N) is 1. The molecule has 0 radical (unpaired) electrons. The molecule has 0 unspecified atom stereocenters. The van der Waals surface area contributed by atoms with E-state index in [4.69, 9.17) is 0 Å². The number of likely N-dealkylation sites (tertiary alicyclic amines) is 1. The van der Waals surface area contributed by atoms with Crippen molar-refractivity contribution >= 4 is 27.2 Å². The fourth-order valence-electron chi connectivity index (χ4n) is 3.04. The van der Waals surface area contributed by atoms with Crippen molar-refractivity contribution in [2.24, 2.45) is 0 Å². The molecule has 8 heteroatoms. The topological polar surface area (TPSA) is 66.5 Å². The molecule has 1 aromatic heterocycles. The fourth-order valence-corrected chi connectivity index (χ4v) is 5.91. The number of rotatable bonds is 5. The molecule has 0 bridgehead atoms. The highest BCUT2D eigenvalue weighted by Crippen LogP contribution is 2.31. The van der Waals surface area contributed by atoms with Gasteiger partial charge in [-0.25, -0.2) is 17.6 Å². The van der Waals surface area contributed by atoms with Crippen molar-refractivity contribution in [1.29, 1.82) is 0 Å². The average Bonchev–Trinajstić information content (AvgIpc) is 3.19. The molecular formula is C18H21FN2O3S2. The second kappa shape index (κ2) is 8.18. The number of carbonyl (C=O) groups is 1. The number of halogens is 1. The molecule has 2 heterocycles. The first-order valence-corrected chi connectivity index (χ1v) is 11.0. The minimum Gasteiger partial charge on any atom is -0.336 e. The summed E-state index contributed by atoms with van der Waals surface area (Å²) in [7, 11) is -3.69. The molecule has 140 valence electrons. The molecule has 5 nitrogen and oxygen atoms in total. The Hall–Kier alpha value is -1.93. The lowest BCUT2D eigenvalue weighted by Gasteiger charge is -2.28. The molecule has 1 aliphatic heterocycles. The van der Waals surface area contributed by atoms with E-state index >= 15 is 0 Å². The highest BCUT2D eigenvalue weighted by atomic mass is 32.2. The van der Waals surface area contributed by atoms with Crippen LogP contribution < -0.4 is 5.32 Å². The highest BCUT2D eigenvalue weighted by molar-refractivity contribution is 7.93. The Balaban J connectivity index is 1.81. The Morgan fingerprint density at radius 3 is 2.46 bits per heavy atom. The Bertz CT molecular complexity index is 830. The van der Waals surface area contributed by atoms with Gasteiger partial charge in [0, 0.05) is 19.6 Å². The van der Waals surface area contributed by atoms with E-state index in [1.54, 1.807) is 22.4 Å². The van der Waals surface area contributed by atoms with Gasteiger partial charge in [0.15, 0.2) is 9.84 Å². The maximum Gasteiger partial charge on any atom is 0.317 e. The predicted octanol–water partition coefficient (Wildman–Crippen LogP) is 3.60. The number of piperidine rings is 1. The van der Waals surface area contributed by atoms with Crippen LogP contribution in [-0.4, -0.2) is 39.0 Å². The summed E-state index contributed by atoms with van der Waals surface area (Å²) in [5.74, 6) is -0.432.